The summed E-state index contributed by atoms with van der Waals surface area (Å²) in [5.74, 6) is 0.882. The van der Waals surface area contributed by atoms with Crippen molar-refractivity contribution >= 4 is 11.8 Å². The minimum atomic E-state index is -0.379. The van der Waals surface area contributed by atoms with Crippen LogP contribution in [0.2, 0.25) is 0 Å². The van der Waals surface area contributed by atoms with Gasteiger partial charge in [-0.25, -0.2) is 0 Å². The Bertz CT molecular complexity index is 610. The number of hydrogen-bond acceptors (Lipinski definition) is 4. The highest BCUT2D eigenvalue weighted by Gasteiger charge is 2.39. The van der Waals surface area contributed by atoms with Gasteiger partial charge in [-0.1, -0.05) is 0 Å². The molecule has 3 rings (SSSR count). The van der Waals surface area contributed by atoms with E-state index in [0.717, 1.165) is 38.1 Å². The largest absolute Gasteiger partial charge is 0.467 e. The lowest BCUT2D eigenvalue weighted by Crippen LogP contribution is -2.52. The maximum absolute atomic E-state index is 13.1. The average molecular weight is 362 g/mol. The molecule has 0 aromatic carbocycles. The maximum atomic E-state index is 13.1. The van der Waals surface area contributed by atoms with Crippen LogP contribution in [0.5, 0.6) is 0 Å². The van der Waals surface area contributed by atoms with Crippen LogP contribution in [-0.2, 0) is 20.9 Å². The van der Waals surface area contributed by atoms with E-state index in [1.807, 2.05) is 32.9 Å². The first-order valence-electron chi connectivity index (χ1n) is 9.58. The van der Waals surface area contributed by atoms with Crippen molar-refractivity contribution in [3.63, 3.8) is 0 Å². The van der Waals surface area contributed by atoms with Crippen molar-refractivity contribution < 1.29 is 18.7 Å². The van der Waals surface area contributed by atoms with E-state index in [9.17, 15) is 9.59 Å². The van der Waals surface area contributed by atoms with E-state index >= 15 is 0 Å². The van der Waals surface area contributed by atoms with Gasteiger partial charge in [0.15, 0.2) is 0 Å². The molecule has 1 atom stereocenters. The van der Waals surface area contributed by atoms with Gasteiger partial charge in [-0.2, -0.15) is 0 Å². The Labute approximate surface area is 155 Å². The first kappa shape index (κ1) is 19.0. The van der Waals surface area contributed by atoms with Gasteiger partial charge >= 0.3 is 0 Å². The predicted molar refractivity (Wildman–Crippen MR) is 97.3 cm³/mol. The molecule has 1 aliphatic heterocycles. The van der Waals surface area contributed by atoms with E-state index in [2.05, 4.69) is 0 Å². The zero-order valence-corrected chi connectivity index (χ0v) is 16.1. The Morgan fingerprint density at radius 3 is 2.54 bits per heavy atom. The van der Waals surface area contributed by atoms with E-state index in [0.29, 0.717) is 13.1 Å². The van der Waals surface area contributed by atoms with Crippen LogP contribution < -0.4 is 0 Å². The highest BCUT2D eigenvalue weighted by atomic mass is 16.5. The lowest BCUT2D eigenvalue weighted by molar-refractivity contribution is -0.146. The summed E-state index contributed by atoms with van der Waals surface area (Å²) in [5.41, 5.74) is -0.379. The third-order valence-corrected chi connectivity index (χ3v) is 5.02. The standard InChI is InChI=1S/C20H30N2O4/c1-20(2,3)22(19(24)15-8-9-15)14-18(23)21(12-16-6-4-10-25-16)13-17-7-5-11-26-17/h4,6,10,15,17H,5,7-9,11-14H2,1-3H3/t17-/m0/s1. The van der Waals surface area contributed by atoms with Crippen molar-refractivity contribution in [1.29, 1.82) is 0 Å². The summed E-state index contributed by atoms with van der Waals surface area (Å²) in [7, 11) is 0. The number of furan rings is 1. The molecule has 6 heteroatoms. The first-order valence-corrected chi connectivity index (χ1v) is 9.58. The maximum Gasteiger partial charge on any atom is 0.242 e. The average Bonchev–Trinajstić information content (AvgIpc) is 3.06. The van der Waals surface area contributed by atoms with E-state index in [-0.39, 0.29) is 35.9 Å². The molecule has 0 N–H and O–H groups in total. The summed E-state index contributed by atoms with van der Waals surface area (Å²) in [5, 5.41) is 0. The topological polar surface area (TPSA) is 63.0 Å². The molecular weight excluding hydrogens is 332 g/mol. The lowest BCUT2D eigenvalue weighted by Gasteiger charge is -2.37. The third-order valence-electron chi connectivity index (χ3n) is 5.02. The van der Waals surface area contributed by atoms with Crippen molar-refractivity contribution in [2.24, 2.45) is 5.92 Å². The predicted octanol–water partition coefficient (Wildman–Crippen LogP) is 2.82. The number of carbonyl (C=O) groups is 2. The van der Waals surface area contributed by atoms with Gasteiger partial charge in [0.05, 0.1) is 18.9 Å². The summed E-state index contributed by atoms with van der Waals surface area (Å²) in [6, 6.07) is 3.69. The summed E-state index contributed by atoms with van der Waals surface area (Å²) in [4.78, 5) is 29.3. The molecule has 2 aliphatic rings. The summed E-state index contributed by atoms with van der Waals surface area (Å²) < 4.78 is 11.1. The van der Waals surface area contributed by atoms with Gasteiger partial charge in [-0.3, -0.25) is 9.59 Å². The highest BCUT2D eigenvalue weighted by molar-refractivity contribution is 5.87. The molecule has 144 valence electrons. The summed E-state index contributed by atoms with van der Waals surface area (Å²) in [6.45, 7) is 7.75. The molecule has 1 aromatic rings. The van der Waals surface area contributed by atoms with Crippen molar-refractivity contribution in [3.8, 4) is 0 Å². The highest BCUT2D eigenvalue weighted by Crippen LogP contribution is 2.33. The fourth-order valence-corrected chi connectivity index (χ4v) is 3.31. The van der Waals surface area contributed by atoms with Crippen molar-refractivity contribution in [3.05, 3.63) is 24.2 Å². The van der Waals surface area contributed by atoms with E-state index in [1.165, 1.54) is 0 Å². The second kappa shape index (κ2) is 7.82. The molecule has 26 heavy (non-hydrogen) atoms. The second-order valence-corrected chi connectivity index (χ2v) is 8.36. The number of amides is 2. The van der Waals surface area contributed by atoms with Gasteiger partial charge in [0, 0.05) is 24.6 Å². The Morgan fingerprint density at radius 2 is 2.00 bits per heavy atom. The first-order chi connectivity index (χ1) is 12.3. The van der Waals surface area contributed by atoms with Gasteiger partial charge in [-0.05, 0) is 58.6 Å². The molecule has 1 saturated heterocycles. The Hall–Kier alpha value is -1.82. The van der Waals surface area contributed by atoms with Gasteiger partial charge in [0.1, 0.15) is 12.3 Å². The Kier molecular flexibility index (Phi) is 5.70. The Balaban J connectivity index is 1.70. The molecule has 0 unspecified atom stereocenters. The number of hydrogen-bond donors (Lipinski definition) is 0. The minimum absolute atomic E-state index is 0.0548. The molecule has 2 heterocycles. The van der Waals surface area contributed by atoms with Crippen LogP contribution in [0.15, 0.2) is 22.8 Å². The second-order valence-electron chi connectivity index (χ2n) is 8.36. The van der Waals surface area contributed by atoms with Crippen LogP contribution in [0.25, 0.3) is 0 Å². The molecule has 0 bridgehead atoms. The van der Waals surface area contributed by atoms with Crippen LogP contribution in [-0.4, -0.2) is 53.0 Å². The lowest BCUT2D eigenvalue weighted by atomic mass is 10.0. The van der Waals surface area contributed by atoms with Gasteiger partial charge in [0.25, 0.3) is 0 Å². The van der Waals surface area contributed by atoms with E-state index in [1.54, 1.807) is 16.1 Å². The van der Waals surface area contributed by atoms with Crippen LogP contribution in [0.4, 0.5) is 0 Å². The van der Waals surface area contributed by atoms with Crippen LogP contribution in [0.1, 0.15) is 52.2 Å². The molecule has 0 spiro atoms. The minimum Gasteiger partial charge on any atom is -0.467 e. The van der Waals surface area contributed by atoms with Crippen LogP contribution >= 0.6 is 0 Å². The summed E-state index contributed by atoms with van der Waals surface area (Å²) in [6.07, 6.45) is 5.55. The monoisotopic (exact) mass is 362 g/mol. The number of rotatable bonds is 7. The molecule has 1 saturated carbocycles. The molecule has 1 aliphatic carbocycles. The number of carbonyl (C=O) groups excluding carboxylic acids is 2. The normalized spacial score (nSPS) is 20.2. The number of nitrogens with zero attached hydrogens (tertiary/aromatic N) is 2. The summed E-state index contributed by atoms with van der Waals surface area (Å²) >= 11 is 0. The van der Waals surface area contributed by atoms with Gasteiger partial charge < -0.3 is 19.0 Å². The molecular formula is C20H30N2O4. The van der Waals surface area contributed by atoms with E-state index in [4.69, 9.17) is 9.15 Å². The zero-order valence-electron chi connectivity index (χ0n) is 16.1. The Morgan fingerprint density at radius 1 is 1.23 bits per heavy atom. The van der Waals surface area contributed by atoms with E-state index < -0.39 is 0 Å². The zero-order chi connectivity index (χ0) is 18.7. The van der Waals surface area contributed by atoms with Crippen LogP contribution in [0.3, 0.4) is 0 Å². The quantitative estimate of drug-likeness (QED) is 0.748. The molecule has 2 fully saturated rings. The van der Waals surface area contributed by atoms with Crippen molar-refractivity contribution in [1.82, 2.24) is 9.80 Å². The SMILES string of the molecule is CC(C)(C)N(CC(=O)N(Cc1ccco1)C[C@@H]1CCCO1)C(=O)C1CC1. The van der Waals surface area contributed by atoms with Gasteiger partial charge in [0.2, 0.25) is 11.8 Å². The fraction of sp³-hybridized carbons (Fsp3) is 0.700. The van der Waals surface area contributed by atoms with Crippen LogP contribution in [0, 0.1) is 5.92 Å². The molecule has 6 nitrogen and oxygen atoms in total. The van der Waals surface area contributed by atoms with Gasteiger partial charge in [-0.15, -0.1) is 0 Å². The number of ether oxygens (including phenoxy) is 1. The molecule has 0 radical (unpaired) electrons. The van der Waals surface area contributed by atoms with Crippen molar-refractivity contribution in [2.45, 2.75) is 64.6 Å². The smallest absolute Gasteiger partial charge is 0.242 e. The fourth-order valence-electron chi connectivity index (χ4n) is 3.31. The molecule has 1 aromatic heterocycles. The molecule has 2 amide bonds. The third kappa shape index (κ3) is 4.87. The van der Waals surface area contributed by atoms with Crippen molar-refractivity contribution in [2.75, 3.05) is 19.7 Å².